The average Bonchev–Trinajstić information content (AvgIpc) is 3.18. The third-order valence-corrected chi connectivity index (χ3v) is 5.44. The zero-order chi connectivity index (χ0) is 22.7. The number of anilines is 2. The van der Waals surface area contributed by atoms with E-state index in [0.29, 0.717) is 22.7 Å². The average molecular weight is 458 g/mol. The summed E-state index contributed by atoms with van der Waals surface area (Å²) in [7, 11) is 0. The molecule has 3 aromatic carbocycles. The lowest BCUT2D eigenvalue weighted by molar-refractivity contribution is 0.262. The smallest absolute Gasteiger partial charge is 0.324 e. The maximum absolute atomic E-state index is 13.8. The number of fused-ring (bicyclic) bond motifs is 1. The number of ether oxygens (including phenoxy) is 1. The third kappa shape index (κ3) is 4.50. The van der Waals surface area contributed by atoms with Crippen LogP contribution in [0, 0.1) is 17.5 Å². The number of hydrogen-bond donors (Lipinski definition) is 3. The van der Waals surface area contributed by atoms with Gasteiger partial charge in [-0.2, -0.15) is 5.10 Å². The molecule has 4 rings (SSSR count). The van der Waals surface area contributed by atoms with Crippen molar-refractivity contribution in [2.45, 2.75) is 11.5 Å². The van der Waals surface area contributed by atoms with Crippen molar-refractivity contribution in [2.75, 3.05) is 16.9 Å². The lowest BCUT2D eigenvalue weighted by Gasteiger charge is -2.10. The number of urea groups is 1. The number of hydrogen-bond acceptors (Lipinski definition) is 4. The first-order valence-electron chi connectivity index (χ1n) is 9.40. The summed E-state index contributed by atoms with van der Waals surface area (Å²) < 4.78 is 46.5. The summed E-state index contributed by atoms with van der Waals surface area (Å²) >= 11 is 1.50. The Kier molecular flexibility index (Phi) is 6.22. The van der Waals surface area contributed by atoms with E-state index in [-0.39, 0.29) is 11.6 Å². The summed E-state index contributed by atoms with van der Waals surface area (Å²) in [6, 6.07) is 13.2. The van der Waals surface area contributed by atoms with Gasteiger partial charge in [0.2, 0.25) is 0 Å². The lowest BCUT2D eigenvalue weighted by atomic mass is 10.2. The first kappa shape index (κ1) is 21.6. The number of aromatic amines is 1. The molecule has 0 unspecified atom stereocenters. The van der Waals surface area contributed by atoms with Crippen molar-refractivity contribution < 1.29 is 22.7 Å². The number of carbonyl (C=O) groups excluding carboxylic acids is 1. The van der Waals surface area contributed by atoms with Crippen molar-refractivity contribution in [3.05, 3.63) is 77.6 Å². The van der Waals surface area contributed by atoms with Crippen LogP contribution in [0.15, 0.2) is 59.5 Å². The predicted octanol–water partition coefficient (Wildman–Crippen LogP) is 5.93. The van der Waals surface area contributed by atoms with Crippen LogP contribution in [0.4, 0.5) is 29.5 Å². The van der Waals surface area contributed by atoms with Crippen molar-refractivity contribution in [3.63, 3.8) is 0 Å². The Balaban J connectivity index is 1.50. The highest BCUT2D eigenvalue weighted by Crippen LogP contribution is 2.28. The standard InChI is InChI=1S/C22H17F3N4O2S/c1-32-19-5-3-2-4-18(19)26-22(30)27-21-13-10-12(6-9-17(13)28-29-21)31-11-14-15(23)7-8-16(24)20(14)25/h2-10H,11H2,1H3,(H3,26,27,28,29,30). The van der Waals surface area contributed by atoms with Crippen molar-refractivity contribution in [3.8, 4) is 5.75 Å². The molecule has 0 aliphatic carbocycles. The van der Waals surface area contributed by atoms with Gasteiger partial charge in [0.25, 0.3) is 0 Å². The number of benzene rings is 3. The Morgan fingerprint density at radius 2 is 1.84 bits per heavy atom. The van der Waals surface area contributed by atoms with Gasteiger partial charge in [-0.1, -0.05) is 12.1 Å². The second-order valence-corrected chi connectivity index (χ2v) is 7.52. The van der Waals surface area contributed by atoms with E-state index in [1.165, 1.54) is 11.8 Å². The van der Waals surface area contributed by atoms with Gasteiger partial charge >= 0.3 is 6.03 Å². The first-order chi connectivity index (χ1) is 15.5. The maximum atomic E-state index is 13.8. The van der Waals surface area contributed by atoms with Crippen LogP contribution in [0.1, 0.15) is 5.56 Å². The molecule has 3 N–H and O–H groups in total. The molecule has 4 aromatic rings. The molecule has 0 radical (unpaired) electrons. The summed E-state index contributed by atoms with van der Waals surface area (Å²) in [4.78, 5) is 13.4. The zero-order valence-electron chi connectivity index (χ0n) is 16.7. The van der Waals surface area contributed by atoms with Gasteiger partial charge in [0.05, 0.1) is 16.8 Å². The number of carbonyl (C=O) groups is 1. The van der Waals surface area contributed by atoms with Gasteiger partial charge in [-0.05, 0) is 48.7 Å². The number of H-pyrrole nitrogens is 1. The highest BCUT2D eigenvalue weighted by Gasteiger charge is 2.16. The number of aromatic nitrogens is 2. The van der Waals surface area contributed by atoms with Crippen LogP contribution in [0.5, 0.6) is 5.75 Å². The fourth-order valence-corrected chi connectivity index (χ4v) is 3.60. The van der Waals surface area contributed by atoms with Crippen LogP contribution in [-0.2, 0) is 6.61 Å². The molecule has 0 spiro atoms. The Hall–Kier alpha value is -3.66. The van der Waals surface area contributed by atoms with Crippen LogP contribution in [0.2, 0.25) is 0 Å². The summed E-state index contributed by atoms with van der Waals surface area (Å²) in [5, 5.41) is 12.8. The molecule has 1 aromatic heterocycles. The number of thioether (sulfide) groups is 1. The Labute approximate surface area is 185 Å². The molecule has 0 bridgehead atoms. The number of nitrogens with one attached hydrogen (secondary N) is 3. The summed E-state index contributed by atoms with van der Waals surface area (Å²) in [6.07, 6.45) is 1.91. The number of rotatable bonds is 6. The lowest BCUT2D eigenvalue weighted by Crippen LogP contribution is -2.20. The van der Waals surface area contributed by atoms with Gasteiger partial charge in [0.1, 0.15) is 18.2 Å². The predicted molar refractivity (Wildman–Crippen MR) is 118 cm³/mol. The molecule has 0 saturated carbocycles. The molecule has 32 heavy (non-hydrogen) atoms. The Morgan fingerprint density at radius 3 is 2.66 bits per heavy atom. The second kappa shape index (κ2) is 9.23. The minimum Gasteiger partial charge on any atom is -0.489 e. The number of nitrogens with zero attached hydrogens (tertiary/aromatic N) is 1. The summed E-state index contributed by atoms with van der Waals surface area (Å²) in [5.41, 5.74) is 0.753. The molecule has 0 aliphatic heterocycles. The van der Waals surface area contributed by atoms with Gasteiger partial charge in [-0.15, -0.1) is 11.8 Å². The van der Waals surface area contributed by atoms with E-state index in [0.717, 1.165) is 11.0 Å². The monoisotopic (exact) mass is 458 g/mol. The fourth-order valence-electron chi connectivity index (χ4n) is 3.04. The van der Waals surface area contributed by atoms with Crippen LogP contribution < -0.4 is 15.4 Å². The topological polar surface area (TPSA) is 79.0 Å². The number of halogens is 3. The van der Waals surface area contributed by atoms with Gasteiger partial charge in [0.15, 0.2) is 17.5 Å². The van der Waals surface area contributed by atoms with Gasteiger partial charge in [0, 0.05) is 10.3 Å². The summed E-state index contributed by atoms with van der Waals surface area (Å²) in [5.74, 6) is -2.85. The minimum absolute atomic E-state index is 0.243. The van der Waals surface area contributed by atoms with Crippen molar-refractivity contribution in [1.29, 1.82) is 0 Å². The SMILES string of the molecule is CSc1ccccc1NC(=O)Nc1n[nH]c2ccc(OCc3c(F)ccc(F)c3F)cc12. The highest BCUT2D eigenvalue weighted by molar-refractivity contribution is 7.98. The van der Waals surface area contributed by atoms with Crippen molar-refractivity contribution in [1.82, 2.24) is 10.2 Å². The van der Waals surface area contributed by atoms with E-state index in [1.807, 2.05) is 24.5 Å². The van der Waals surface area contributed by atoms with Crippen LogP contribution >= 0.6 is 11.8 Å². The first-order valence-corrected chi connectivity index (χ1v) is 10.6. The van der Waals surface area contributed by atoms with Crippen LogP contribution in [0.3, 0.4) is 0 Å². The van der Waals surface area contributed by atoms with Crippen molar-refractivity contribution in [2.24, 2.45) is 0 Å². The van der Waals surface area contributed by atoms with E-state index < -0.39 is 35.7 Å². The van der Waals surface area contributed by atoms with Crippen LogP contribution in [0.25, 0.3) is 10.9 Å². The fraction of sp³-hybridized carbons (Fsp3) is 0.0909. The largest absolute Gasteiger partial charge is 0.489 e. The molecule has 164 valence electrons. The van der Waals surface area contributed by atoms with Gasteiger partial charge in [-0.25, -0.2) is 18.0 Å². The molecule has 0 atom stereocenters. The molecule has 0 saturated heterocycles. The Bertz CT molecular complexity index is 1300. The molecule has 0 fully saturated rings. The number of amides is 2. The minimum atomic E-state index is -1.29. The third-order valence-electron chi connectivity index (χ3n) is 4.64. The van der Waals surface area contributed by atoms with E-state index >= 15 is 0 Å². The molecule has 10 heteroatoms. The number of para-hydroxylation sites is 1. The zero-order valence-corrected chi connectivity index (χ0v) is 17.5. The molecule has 6 nitrogen and oxygen atoms in total. The van der Waals surface area contributed by atoms with Crippen molar-refractivity contribution >= 4 is 40.2 Å². The highest BCUT2D eigenvalue weighted by atomic mass is 32.2. The van der Waals surface area contributed by atoms with E-state index in [9.17, 15) is 18.0 Å². The maximum Gasteiger partial charge on any atom is 0.324 e. The van der Waals surface area contributed by atoms with Crippen LogP contribution in [-0.4, -0.2) is 22.5 Å². The van der Waals surface area contributed by atoms with E-state index in [2.05, 4.69) is 20.8 Å². The second-order valence-electron chi connectivity index (χ2n) is 6.67. The quantitative estimate of drug-likeness (QED) is 0.247. The van der Waals surface area contributed by atoms with E-state index in [4.69, 9.17) is 4.74 Å². The van der Waals surface area contributed by atoms with Gasteiger partial charge < -0.3 is 10.1 Å². The molecule has 2 amide bonds. The summed E-state index contributed by atoms with van der Waals surface area (Å²) in [6.45, 7) is -0.506. The normalized spacial score (nSPS) is 10.9. The Morgan fingerprint density at radius 1 is 1.06 bits per heavy atom. The van der Waals surface area contributed by atoms with Gasteiger partial charge in [-0.3, -0.25) is 10.4 Å². The molecule has 0 aliphatic rings. The molecular weight excluding hydrogens is 441 g/mol. The molecule has 1 heterocycles. The van der Waals surface area contributed by atoms with E-state index in [1.54, 1.807) is 24.3 Å². The molecular formula is C22H17F3N4O2S.